The average molecular weight is 440 g/mol. The van der Waals surface area contributed by atoms with Crippen LogP contribution in [0.15, 0.2) is 44.6 Å². The lowest BCUT2D eigenvalue weighted by molar-refractivity contribution is 0.578. The van der Waals surface area contributed by atoms with Crippen molar-refractivity contribution in [3.8, 4) is 5.69 Å². The Labute approximate surface area is 159 Å². The molecular formula is C17H10BrClF2N4O. The topological polar surface area (TPSA) is 63.0 Å². The second-order valence-electron chi connectivity index (χ2n) is 5.73. The van der Waals surface area contributed by atoms with Crippen LogP contribution < -0.4 is 5.69 Å². The van der Waals surface area contributed by atoms with Gasteiger partial charge in [0.25, 0.3) is 0 Å². The lowest BCUT2D eigenvalue weighted by Crippen LogP contribution is -2.19. The molecular weight excluding hydrogens is 430 g/mol. The highest BCUT2D eigenvalue weighted by Crippen LogP contribution is 2.37. The number of nitrogens with zero attached hydrogens (tertiary/aromatic N) is 3. The Morgan fingerprint density at radius 3 is 2.58 bits per heavy atom. The molecule has 0 amide bonds. The summed E-state index contributed by atoms with van der Waals surface area (Å²) in [6.07, 6.45) is 0. The van der Waals surface area contributed by atoms with Crippen LogP contribution >= 0.6 is 27.5 Å². The molecule has 0 bridgehead atoms. The van der Waals surface area contributed by atoms with Crippen molar-refractivity contribution in [2.75, 3.05) is 0 Å². The zero-order chi connectivity index (χ0) is 18.6. The molecule has 9 heteroatoms. The van der Waals surface area contributed by atoms with Gasteiger partial charge in [0.05, 0.1) is 22.0 Å². The number of rotatable bonds is 1. The number of aromatic amines is 1. The van der Waals surface area contributed by atoms with E-state index >= 15 is 0 Å². The Morgan fingerprint density at radius 2 is 1.88 bits per heavy atom. The Balaban J connectivity index is 2.16. The van der Waals surface area contributed by atoms with E-state index in [9.17, 15) is 13.6 Å². The fourth-order valence-electron chi connectivity index (χ4n) is 3.00. The summed E-state index contributed by atoms with van der Waals surface area (Å²) in [4.78, 5) is 16.8. The molecule has 2 aromatic carbocycles. The number of H-pyrrole nitrogens is 1. The van der Waals surface area contributed by atoms with E-state index in [1.54, 1.807) is 19.1 Å². The summed E-state index contributed by atoms with van der Waals surface area (Å²) in [5.74, 6) is -1.19. The predicted molar refractivity (Wildman–Crippen MR) is 97.3 cm³/mol. The van der Waals surface area contributed by atoms with Gasteiger partial charge < -0.3 is 0 Å². The summed E-state index contributed by atoms with van der Waals surface area (Å²) in [6.45, 7) is 1.69. The first-order valence-electron chi connectivity index (χ1n) is 7.58. The minimum atomic E-state index is -0.762. The van der Waals surface area contributed by atoms with Crippen molar-refractivity contribution in [1.82, 2.24) is 14.8 Å². The van der Waals surface area contributed by atoms with Gasteiger partial charge in [-0.1, -0.05) is 17.7 Å². The quantitative estimate of drug-likeness (QED) is 0.619. The maximum absolute atomic E-state index is 14.5. The first-order chi connectivity index (χ1) is 12.4. The molecule has 3 aromatic rings. The van der Waals surface area contributed by atoms with E-state index in [4.69, 9.17) is 11.6 Å². The second-order valence-corrected chi connectivity index (χ2v) is 6.93. The molecule has 4 rings (SSSR count). The number of hydrogen-bond acceptors (Lipinski definition) is 3. The summed E-state index contributed by atoms with van der Waals surface area (Å²) in [7, 11) is 0. The van der Waals surface area contributed by atoms with Crippen LogP contribution in [0.25, 0.3) is 5.69 Å². The molecule has 0 saturated heterocycles. The van der Waals surface area contributed by atoms with Gasteiger partial charge in [-0.2, -0.15) is 5.10 Å². The zero-order valence-electron chi connectivity index (χ0n) is 13.2. The van der Waals surface area contributed by atoms with Gasteiger partial charge in [0, 0.05) is 10.0 Å². The molecule has 0 aliphatic carbocycles. The van der Waals surface area contributed by atoms with Gasteiger partial charge in [-0.15, -0.1) is 0 Å². The summed E-state index contributed by atoms with van der Waals surface area (Å²) in [5, 5.41) is 6.71. The van der Waals surface area contributed by atoms with Gasteiger partial charge in [0.15, 0.2) is 5.82 Å². The highest BCUT2D eigenvalue weighted by molar-refractivity contribution is 9.10. The SMILES string of the molecule is C[C@@H]1N=C(c2c(F)cccc2F)c2c(ccc(Cl)c2Br)-n2c1n[nH]c2=O. The van der Waals surface area contributed by atoms with Gasteiger partial charge in [-0.05, 0) is 47.1 Å². The van der Waals surface area contributed by atoms with E-state index in [2.05, 4.69) is 31.1 Å². The van der Waals surface area contributed by atoms with Crippen LogP contribution in [0.5, 0.6) is 0 Å². The Hall–Kier alpha value is -2.32. The fraction of sp³-hybridized carbons (Fsp3) is 0.118. The van der Waals surface area contributed by atoms with Gasteiger partial charge in [0.2, 0.25) is 0 Å². The highest BCUT2D eigenvalue weighted by Gasteiger charge is 2.30. The van der Waals surface area contributed by atoms with Crippen LogP contribution in [0.3, 0.4) is 0 Å². The van der Waals surface area contributed by atoms with Crippen molar-refractivity contribution in [2.45, 2.75) is 13.0 Å². The highest BCUT2D eigenvalue weighted by atomic mass is 79.9. The fourth-order valence-corrected chi connectivity index (χ4v) is 3.68. The molecule has 0 fully saturated rings. The van der Waals surface area contributed by atoms with Gasteiger partial charge >= 0.3 is 5.69 Å². The molecule has 1 aliphatic heterocycles. The number of aromatic nitrogens is 3. The normalized spacial score (nSPS) is 15.9. The van der Waals surface area contributed by atoms with Crippen molar-refractivity contribution >= 4 is 33.2 Å². The molecule has 0 radical (unpaired) electrons. The number of aliphatic imine (C=N–C) groups is 1. The first-order valence-corrected chi connectivity index (χ1v) is 8.75. The van der Waals surface area contributed by atoms with Gasteiger partial charge in [-0.25, -0.2) is 23.2 Å². The minimum Gasteiger partial charge on any atom is -0.273 e. The van der Waals surface area contributed by atoms with Crippen molar-refractivity contribution in [3.05, 3.63) is 78.9 Å². The molecule has 2 heterocycles. The van der Waals surface area contributed by atoms with Crippen LogP contribution in [0.2, 0.25) is 5.02 Å². The van der Waals surface area contributed by atoms with E-state index in [0.29, 0.717) is 26.6 Å². The van der Waals surface area contributed by atoms with E-state index in [1.807, 2.05) is 0 Å². The summed E-state index contributed by atoms with van der Waals surface area (Å²) < 4.78 is 30.7. The monoisotopic (exact) mass is 438 g/mol. The van der Waals surface area contributed by atoms with Crippen molar-refractivity contribution in [3.63, 3.8) is 0 Å². The summed E-state index contributed by atoms with van der Waals surface area (Å²) in [5.41, 5.74) is -0.0164. The second kappa shape index (κ2) is 6.14. The van der Waals surface area contributed by atoms with E-state index in [0.717, 1.165) is 12.1 Å². The largest absolute Gasteiger partial charge is 0.348 e. The smallest absolute Gasteiger partial charge is 0.273 e. The third-order valence-electron chi connectivity index (χ3n) is 4.14. The molecule has 1 aliphatic rings. The number of hydrogen-bond donors (Lipinski definition) is 1. The molecule has 1 aromatic heterocycles. The Kier molecular flexibility index (Phi) is 4.04. The minimum absolute atomic E-state index is 0.0578. The Bertz CT molecular complexity index is 1120. The van der Waals surface area contributed by atoms with E-state index in [1.165, 1.54) is 10.6 Å². The lowest BCUT2D eigenvalue weighted by Gasteiger charge is -2.15. The van der Waals surface area contributed by atoms with Gasteiger partial charge in [0.1, 0.15) is 17.7 Å². The van der Waals surface area contributed by atoms with E-state index < -0.39 is 23.4 Å². The zero-order valence-corrected chi connectivity index (χ0v) is 15.6. The third-order valence-corrected chi connectivity index (χ3v) is 5.51. The number of halogens is 4. The maximum atomic E-state index is 14.5. The molecule has 0 spiro atoms. The average Bonchev–Trinajstić information content (AvgIpc) is 2.92. The molecule has 0 saturated carbocycles. The third kappa shape index (κ3) is 2.44. The molecule has 5 nitrogen and oxygen atoms in total. The van der Waals surface area contributed by atoms with Crippen LogP contribution in [-0.2, 0) is 0 Å². The van der Waals surface area contributed by atoms with Crippen LogP contribution in [-0.4, -0.2) is 20.5 Å². The maximum Gasteiger partial charge on any atom is 0.348 e. The molecule has 132 valence electrons. The number of benzene rings is 2. The first kappa shape index (κ1) is 17.1. The molecule has 1 atom stereocenters. The standard InChI is InChI=1S/C17H10BrClF2N4O/c1-7-16-23-24-17(26)25(16)11-6-5-8(19)14(18)13(11)15(22-7)12-9(20)3-2-4-10(12)21/h2-7H,1H3,(H,24,26)/t7-/m0/s1. The van der Waals surface area contributed by atoms with Gasteiger partial charge in [-0.3, -0.25) is 4.99 Å². The van der Waals surface area contributed by atoms with Crippen molar-refractivity contribution in [1.29, 1.82) is 0 Å². The molecule has 0 unspecified atom stereocenters. The van der Waals surface area contributed by atoms with Crippen LogP contribution in [0, 0.1) is 11.6 Å². The molecule has 1 N–H and O–H groups in total. The van der Waals surface area contributed by atoms with Crippen LogP contribution in [0.4, 0.5) is 8.78 Å². The lowest BCUT2D eigenvalue weighted by atomic mass is 9.99. The summed E-state index contributed by atoms with van der Waals surface area (Å²) in [6, 6.07) is 6.13. The van der Waals surface area contributed by atoms with Crippen LogP contribution in [0.1, 0.15) is 29.9 Å². The predicted octanol–water partition coefficient (Wildman–Crippen LogP) is 4.17. The van der Waals surface area contributed by atoms with Crippen molar-refractivity contribution in [2.24, 2.45) is 4.99 Å². The number of nitrogens with one attached hydrogen (secondary N) is 1. The van der Waals surface area contributed by atoms with E-state index in [-0.39, 0.29) is 11.3 Å². The van der Waals surface area contributed by atoms with Crippen molar-refractivity contribution < 1.29 is 8.78 Å². The number of fused-ring (bicyclic) bond motifs is 3. The summed E-state index contributed by atoms with van der Waals surface area (Å²) >= 11 is 9.58. The Morgan fingerprint density at radius 1 is 1.19 bits per heavy atom. The molecule has 26 heavy (non-hydrogen) atoms.